The van der Waals surface area contributed by atoms with Crippen LogP contribution in [0.1, 0.15) is 12.0 Å². The van der Waals surface area contributed by atoms with E-state index >= 15 is 0 Å². The molecular formula is C11H16ClN3O. The summed E-state index contributed by atoms with van der Waals surface area (Å²) in [5.41, 5.74) is 6.55. The van der Waals surface area contributed by atoms with Gasteiger partial charge in [0.15, 0.2) is 0 Å². The smallest absolute Gasteiger partial charge is 0.147 e. The van der Waals surface area contributed by atoms with Crippen molar-refractivity contribution < 1.29 is 4.74 Å². The standard InChI is InChI=1S/C11H16ClN3O/c1-15(9-3-5-16-7-9)11-10(12)8(6-13)2-4-14-11/h2,4,9H,3,5-7,13H2,1H3. The molecule has 1 atom stereocenters. The molecule has 1 unspecified atom stereocenters. The summed E-state index contributed by atoms with van der Waals surface area (Å²) in [6.07, 6.45) is 2.76. The van der Waals surface area contributed by atoms with Gasteiger partial charge >= 0.3 is 0 Å². The largest absolute Gasteiger partial charge is 0.379 e. The van der Waals surface area contributed by atoms with Crippen LogP contribution in [0.3, 0.4) is 0 Å². The van der Waals surface area contributed by atoms with Crippen LogP contribution in [0, 0.1) is 0 Å². The quantitative estimate of drug-likeness (QED) is 0.870. The maximum atomic E-state index is 6.26. The second kappa shape index (κ2) is 4.99. The summed E-state index contributed by atoms with van der Waals surface area (Å²) in [6.45, 7) is 1.98. The summed E-state index contributed by atoms with van der Waals surface area (Å²) >= 11 is 6.26. The van der Waals surface area contributed by atoms with Gasteiger partial charge in [0.05, 0.1) is 17.7 Å². The fourth-order valence-corrected chi connectivity index (χ4v) is 2.20. The lowest BCUT2D eigenvalue weighted by Gasteiger charge is -2.25. The maximum Gasteiger partial charge on any atom is 0.147 e. The van der Waals surface area contributed by atoms with Gasteiger partial charge in [-0.15, -0.1) is 0 Å². The molecule has 2 N–H and O–H groups in total. The average Bonchev–Trinajstić information content (AvgIpc) is 2.82. The molecule has 1 aliphatic heterocycles. The van der Waals surface area contributed by atoms with Crippen molar-refractivity contribution in [3.8, 4) is 0 Å². The van der Waals surface area contributed by atoms with Crippen LogP contribution >= 0.6 is 11.6 Å². The van der Waals surface area contributed by atoms with Crippen molar-refractivity contribution in [2.45, 2.75) is 19.0 Å². The first-order chi connectivity index (χ1) is 7.74. The zero-order chi connectivity index (χ0) is 11.5. The number of likely N-dealkylation sites (N-methyl/N-ethyl adjacent to an activating group) is 1. The van der Waals surface area contributed by atoms with Crippen molar-refractivity contribution in [3.63, 3.8) is 0 Å². The molecule has 0 saturated carbocycles. The molecule has 0 radical (unpaired) electrons. The lowest BCUT2D eigenvalue weighted by Crippen LogP contribution is -2.32. The first kappa shape index (κ1) is 11.6. The molecule has 0 amide bonds. The molecule has 16 heavy (non-hydrogen) atoms. The van der Waals surface area contributed by atoms with E-state index in [-0.39, 0.29) is 0 Å². The number of nitrogens with zero attached hydrogens (tertiary/aromatic N) is 2. The molecule has 2 heterocycles. The van der Waals surface area contributed by atoms with Gasteiger partial charge < -0.3 is 15.4 Å². The second-order valence-electron chi connectivity index (χ2n) is 3.94. The minimum Gasteiger partial charge on any atom is -0.379 e. The number of ether oxygens (including phenoxy) is 1. The number of hydrogen-bond acceptors (Lipinski definition) is 4. The molecule has 1 aromatic heterocycles. The summed E-state index contributed by atoms with van der Waals surface area (Å²) in [5, 5.41) is 0.652. The predicted molar refractivity (Wildman–Crippen MR) is 64.8 cm³/mol. The SMILES string of the molecule is CN(c1nccc(CN)c1Cl)C1CCOC1. The molecule has 0 aliphatic carbocycles. The number of rotatable bonds is 3. The summed E-state index contributed by atoms with van der Waals surface area (Å²) < 4.78 is 5.36. The van der Waals surface area contributed by atoms with Gasteiger partial charge in [-0.05, 0) is 18.1 Å². The zero-order valence-corrected chi connectivity index (χ0v) is 10.1. The third kappa shape index (κ3) is 2.14. The van der Waals surface area contributed by atoms with Crippen LogP contribution in [0.2, 0.25) is 5.02 Å². The van der Waals surface area contributed by atoms with E-state index in [4.69, 9.17) is 22.1 Å². The number of anilines is 1. The van der Waals surface area contributed by atoms with E-state index in [2.05, 4.69) is 9.88 Å². The van der Waals surface area contributed by atoms with Crippen molar-refractivity contribution in [2.75, 3.05) is 25.2 Å². The molecule has 1 fully saturated rings. The third-order valence-electron chi connectivity index (χ3n) is 2.96. The molecule has 5 heteroatoms. The lowest BCUT2D eigenvalue weighted by molar-refractivity contribution is 0.193. The fourth-order valence-electron chi connectivity index (χ4n) is 1.88. The summed E-state index contributed by atoms with van der Waals surface area (Å²) in [5.74, 6) is 0.792. The number of aromatic nitrogens is 1. The van der Waals surface area contributed by atoms with Crippen LogP contribution in [0.5, 0.6) is 0 Å². The second-order valence-corrected chi connectivity index (χ2v) is 4.32. The minimum absolute atomic E-state index is 0.359. The molecule has 1 aromatic rings. The highest BCUT2D eigenvalue weighted by atomic mass is 35.5. The Morgan fingerprint density at radius 2 is 2.50 bits per heavy atom. The van der Waals surface area contributed by atoms with Gasteiger partial charge in [0.2, 0.25) is 0 Å². The molecule has 2 rings (SSSR count). The van der Waals surface area contributed by atoms with E-state index in [0.29, 0.717) is 17.6 Å². The van der Waals surface area contributed by atoms with Crippen molar-refractivity contribution in [1.29, 1.82) is 0 Å². The van der Waals surface area contributed by atoms with E-state index in [9.17, 15) is 0 Å². The monoisotopic (exact) mass is 241 g/mol. The summed E-state index contributed by atoms with van der Waals surface area (Å²) in [6, 6.07) is 2.21. The lowest BCUT2D eigenvalue weighted by atomic mass is 10.2. The van der Waals surface area contributed by atoms with Crippen molar-refractivity contribution in [2.24, 2.45) is 5.73 Å². The zero-order valence-electron chi connectivity index (χ0n) is 9.32. The molecule has 0 bridgehead atoms. The van der Waals surface area contributed by atoms with Gasteiger partial charge in [0.25, 0.3) is 0 Å². The molecule has 1 saturated heterocycles. The van der Waals surface area contributed by atoms with Crippen LogP contribution < -0.4 is 10.6 Å². The molecule has 0 spiro atoms. The highest BCUT2D eigenvalue weighted by Crippen LogP contribution is 2.28. The fraction of sp³-hybridized carbons (Fsp3) is 0.545. The van der Waals surface area contributed by atoms with Gasteiger partial charge in [-0.25, -0.2) is 4.98 Å². The van der Waals surface area contributed by atoms with E-state index < -0.39 is 0 Å². The molecule has 4 nitrogen and oxygen atoms in total. The van der Waals surface area contributed by atoms with Crippen LogP contribution in [0.4, 0.5) is 5.82 Å². The Bertz CT molecular complexity index is 366. The Hall–Kier alpha value is -0.840. The van der Waals surface area contributed by atoms with Gasteiger partial charge in [0, 0.05) is 26.4 Å². The van der Waals surface area contributed by atoms with E-state index in [1.165, 1.54) is 0 Å². The van der Waals surface area contributed by atoms with Gasteiger partial charge in [-0.3, -0.25) is 0 Å². The van der Waals surface area contributed by atoms with Crippen molar-refractivity contribution in [1.82, 2.24) is 4.98 Å². The Balaban J connectivity index is 2.25. The molecular weight excluding hydrogens is 226 g/mol. The molecule has 1 aliphatic rings. The topological polar surface area (TPSA) is 51.4 Å². The van der Waals surface area contributed by atoms with E-state index in [1.54, 1.807) is 6.20 Å². The third-order valence-corrected chi connectivity index (χ3v) is 3.37. The van der Waals surface area contributed by atoms with Gasteiger partial charge in [-0.1, -0.05) is 11.6 Å². The van der Waals surface area contributed by atoms with E-state index in [0.717, 1.165) is 31.0 Å². The summed E-state index contributed by atoms with van der Waals surface area (Å²) in [4.78, 5) is 6.39. The maximum absolute atomic E-state index is 6.26. The van der Waals surface area contributed by atoms with Crippen LogP contribution in [0.15, 0.2) is 12.3 Å². The van der Waals surface area contributed by atoms with Gasteiger partial charge in [0.1, 0.15) is 5.82 Å². The normalized spacial score (nSPS) is 20.1. The molecule has 88 valence electrons. The highest BCUT2D eigenvalue weighted by molar-refractivity contribution is 6.33. The van der Waals surface area contributed by atoms with Crippen molar-refractivity contribution >= 4 is 17.4 Å². The van der Waals surface area contributed by atoms with Crippen LogP contribution in [-0.4, -0.2) is 31.3 Å². The predicted octanol–water partition coefficient (Wildman–Crippen LogP) is 1.42. The Labute approximate surface area is 100 Å². The number of pyridine rings is 1. The highest BCUT2D eigenvalue weighted by Gasteiger charge is 2.23. The Morgan fingerprint density at radius 1 is 1.69 bits per heavy atom. The first-order valence-electron chi connectivity index (χ1n) is 5.38. The minimum atomic E-state index is 0.359. The first-order valence-corrected chi connectivity index (χ1v) is 5.76. The van der Waals surface area contributed by atoms with Crippen LogP contribution in [-0.2, 0) is 11.3 Å². The van der Waals surface area contributed by atoms with Crippen molar-refractivity contribution in [3.05, 3.63) is 22.8 Å². The number of nitrogens with two attached hydrogens (primary N) is 1. The summed E-state index contributed by atoms with van der Waals surface area (Å²) in [7, 11) is 1.99. The van der Waals surface area contributed by atoms with Gasteiger partial charge in [-0.2, -0.15) is 0 Å². The Morgan fingerprint density at radius 3 is 3.12 bits per heavy atom. The number of hydrogen-bond donors (Lipinski definition) is 1. The number of halogens is 1. The average molecular weight is 242 g/mol. The molecule has 0 aromatic carbocycles. The van der Waals surface area contributed by atoms with Crippen LogP contribution in [0.25, 0.3) is 0 Å². The Kier molecular flexibility index (Phi) is 3.63. The van der Waals surface area contributed by atoms with E-state index in [1.807, 2.05) is 13.1 Å².